The second-order valence-corrected chi connectivity index (χ2v) is 11.0. The minimum atomic E-state index is -0.547. The molecule has 2 unspecified atom stereocenters. The summed E-state index contributed by atoms with van der Waals surface area (Å²) in [6, 6.07) is 15.3. The van der Waals surface area contributed by atoms with E-state index in [-0.39, 0.29) is 23.2 Å². The molecule has 0 radical (unpaired) electrons. The molecule has 5 heteroatoms. The molecule has 192 valence electrons. The van der Waals surface area contributed by atoms with E-state index in [1.165, 1.54) is 0 Å². The number of carbonyl (C=O) groups is 2. The number of rotatable bonds is 8. The van der Waals surface area contributed by atoms with E-state index < -0.39 is 6.04 Å². The van der Waals surface area contributed by atoms with E-state index in [0.29, 0.717) is 18.4 Å². The second kappa shape index (κ2) is 10.9. The molecule has 1 amide bonds. The first-order valence-corrected chi connectivity index (χ1v) is 13.5. The summed E-state index contributed by atoms with van der Waals surface area (Å²) in [4.78, 5) is 29.7. The van der Waals surface area contributed by atoms with Crippen LogP contribution in [0.1, 0.15) is 91.2 Å². The molecule has 2 aromatic rings. The lowest BCUT2D eigenvalue weighted by Gasteiger charge is -2.37. The van der Waals surface area contributed by atoms with Crippen LogP contribution in [-0.4, -0.2) is 17.8 Å². The zero-order chi connectivity index (χ0) is 25.9. The molecule has 0 saturated heterocycles. The number of hydrogen-bond acceptors (Lipinski definition) is 4. The fraction of sp³-hybridized carbons (Fsp3) is 0.484. The van der Waals surface area contributed by atoms with E-state index in [4.69, 9.17) is 4.74 Å². The van der Waals surface area contributed by atoms with Crippen molar-refractivity contribution < 1.29 is 14.3 Å². The smallest absolute Gasteiger partial charge is 0.227 e. The molecule has 1 N–H and O–H groups in total. The number of ketones is 1. The Hall–Kier alpha value is -3.08. The Morgan fingerprint density at radius 3 is 2.56 bits per heavy atom. The van der Waals surface area contributed by atoms with E-state index in [0.717, 1.165) is 60.5 Å². The van der Waals surface area contributed by atoms with Gasteiger partial charge in [0.2, 0.25) is 5.91 Å². The van der Waals surface area contributed by atoms with Crippen molar-refractivity contribution in [1.29, 1.82) is 0 Å². The Morgan fingerprint density at radius 1 is 1.08 bits per heavy atom. The SMILES string of the molecule is CCCCCC(=O)N1c2ccccc2NC2=C(C(=O)CC(C)(C)C2)C1c1ccccc1OC(C)CC. The summed E-state index contributed by atoms with van der Waals surface area (Å²) in [6.45, 7) is 10.6. The summed E-state index contributed by atoms with van der Waals surface area (Å²) in [5.41, 5.74) is 3.98. The number of anilines is 2. The average molecular weight is 489 g/mol. The summed E-state index contributed by atoms with van der Waals surface area (Å²) >= 11 is 0. The topological polar surface area (TPSA) is 58.6 Å². The number of ether oxygens (including phenoxy) is 1. The third-order valence-electron chi connectivity index (χ3n) is 7.28. The number of benzene rings is 2. The highest BCUT2D eigenvalue weighted by Crippen LogP contribution is 2.50. The molecule has 2 atom stereocenters. The third kappa shape index (κ3) is 5.35. The first-order valence-electron chi connectivity index (χ1n) is 13.5. The van der Waals surface area contributed by atoms with E-state index in [2.05, 4.69) is 33.0 Å². The van der Waals surface area contributed by atoms with Gasteiger partial charge in [-0.05, 0) is 49.8 Å². The fourth-order valence-corrected chi connectivity index (χ4v) is 5.32. The number of fused-ring (bicyclic) bond motifs is 1. The van der Waals surface area contributed by atoms with Crippen molar-refractivity contribution in [1.82, 2.24) is 0 Å². The van der Waals surface area contributed by atoms with Gasteiger partial charge in [-0.3, -0.25) is 14.5 Å². The number of allylic oxidation sites excluding steroid dienone is 1. The van der Waals surface area contributed by atoms with E-state index in [1.54, 1.807) is 0 Å². The number of unbranched alkanes of at least 4 members (excludes halogenated alkanes) is 2. The molecular weight excluding hydrogens is 448 g/mol. The Kier molecular flexibility index (Phi) is 7.87. The maximum atomic E-state index is 14.0. The van der Waals surface area contributed by atoms with Crippen LogP contribution in [0.15, 0.2) is 59.8 Å². The predicted molar refractivity (Wildman–Crippen MR) is 146 cm³/mol. The lowest BCUT2D eigenvalue weighted by atomic mass is 9.73. The first kappa shape index (κ1) is 26.0. The highest BCUT2D eigenvalue weighted by Gasteiger charge is 2.44. The van der Waals surface area contributed by atoms with Crippen LogP contribution in [0.25, 0.3) is 0 Å². The molecule has 0 spiro atoms. The van der Waals surface area contributed by atoms with Gasteiger partial charge in [0.1, 0.15) is 5.75 Å². The monoisotopic (exact) mass is 488 g/mol. The van der Waals surface area contributed by atoms with Gasteiger partial charge in [0.25, 0.3) is 0 Å². The van der Waals surface area contributed by atoms with Crippen molar-refractivity contribution in [2.24, 2.45) is 5.41 Å². The summed E-state index contributed by atoms with van der Waals surface area (Å²) in [5.74, 6) is 0.857. The molecule has 4 rings (SSSR count). The third-order valence-corrected chi connectivity index (χ3v) is 7.28. The molecule has 0 fully saturated rings. The maximum absolute atomic E-state index is 14.0. The van der Waals surface area contributed by atoms with Gasteiger partial charge in [-0.15, -0.1) is 0 Å². The Balaban J connectivity index is 1.95. The Labute approximate surface area is 215 Å². The van der Waals surface area contributed by atoms with E-state index in [1.807, 2.05) is 60.4 Å². The molecule has 5 nitrogen and oxygen atoms in total. The van der Waals surface area contributed by atoms with Crippen molar-refractivity contribution in [3.63, 3.8) is 0 Å². The molecule has 1 aliphatic heterocycles. The Bertz CT molecular complexity index is 1150. The standard InChI is InChI=1S/C31H40N2O3/c1-6-8-9-18-28(35)33-25-16-12-11-15-23(25)32-24-19-31(4,5)20-26(34)29(24)30(33)22-14-10-13-17-27(22)36-21(3)7-2/h10-17,21,30,32H,6-9,18-20H2,1-5H3. The van der Waals surface area contributed by atoms with Crippen LogP contribution < -0.4 is 15.0 Å². The number of carbonyl (C=O) groups excluding carboxylic acids is 2. The van der Waals surface area contributed by atoms with Crippen LogP contribution in [0.2, 0.25) is 0 Å². The van der Waals surface area contributed by atoms with Crippen molar-refractivity contribution in [3.8, 4) is 5.75 Å². The van der Waals surface area contributed by atoms with Crippen LogP contribution in [0, 0.1) is 5.41 Å². The highest BCUT2D eigenvalue weighted by atomic mass is 16.5. The normalized spacial score (nSPS) is 19.6. The fourth-order valence-electron chi connectivity index (χ4n) is 5.32. The maximum Gasteiger partial charge on any atom is 0.227 e. The van der Waals surface area contributed by atoms with Gasteiger partial charge in [-0.25, -0.2) is 0 Å². The molecular formula is C31H40N2O3. The number of nitrogens with one attached hydrogen (secondary N) is 1. The molecule has 36 heavy (non-hydrogen) atoms. The van der Waals surface area contributed by atoms with Crippen LogP contribution in [0.3, 0.4) is 0 Å². The molecule has 0 aromatic heterocycles. The largest absolute Gasteiger partial charge is 0.490 e. The lowest BCUT2D eigenvalue weighted by molar-refractivity contribution is -0.119. The lowest BCUT2D eigenvalue weighted by Crippen LogP contribution is -2.39. The number of nitrogens with zero attached hydrogens (tertiary/aromatic N) is 1. The molecule has 2 aliphatic rings. The molecule has 1 heterocycles. The zero-order valence-electron chi connectivity index (χ0n) is 22.4. The summed E-state index contributed by atoms with van der Waals surface area (Å²) in [5, 5.41) is 3.59. The average Bonchev–Trinajstić information content (AvgIpc) is 2.98. The van der Waals surface area contributed by atoms with Crippen molar-refractivity contribution in [3.05, 3.63) is 65.4 Å². The van der Waals surface area contributed by atoms with Crippen molar-refractivity contribution in [2.45, 2.75) is 91.7 Å². The second-order valence-electron chi connectivity index (χ2n) is 11.0. The van der Waals surface area contributed by atoms with Gasteiger partial charge >= 0.3 is 0 Å². The van der Waals surface area contributed by atoms with Crippen LogP contribution in [0.4, 0.5) is 11.4 Å². The number of Topliss-reactive ketones (excluding diaryl/α,β-unsaturated/α-hetero) is 1. The first-order chi connectivity index (χ1) is 17.3. The summed E-state index contributed by atoms with van der Waals surface area (Å²) < 4.78 is 6.37. The zero-order valence-corrected chi connectivity index (χ0v) is 22.4. The minimum Gasteiger partial charge on any atom is -0.490 e. The van der Waals surface area contributed by atoms with Gasteiger partial charge < -0.3 is 10.1 Å². The van der Waals surface area contributed by atoms with E-state index >= 15 is 0 Å². The van der Waals surface area contributed by atoms with Gasteiger partial charge in [0.15, 0.2) is 5.78 Å². The molecule has 0 bridgehead atoms. The van der Waals surface area contributed by atoms with Gasteiger partial charge in [-0.2, -0.15) is 0 Å². The van der Waals surface area contributed by atoms with Gasteiger partial charge in [-0.1, -0.05) is 70.9 Å². The van der Waals surface area contributed by atoms with Crippen LogP contribution >= 0.6 is 0 Å². The van der Waals surface area contributed by atoms with Crippen LogP contribution in [0.5, 0.6) is 5.75 Å². The molecule has 1 aliphatic carbocycles. The minimum absolute atomic E-state index is 0.0190. The number of amides is 1. The van der Waals surface area contributed by atoms with Crippen molar-refractivity contribution >= 4 is 23.1 Å². The summed E-state index contributed by atoms with van der Waals surface area (Å²) in [6.07, 6.45) is 5.39. The van der Waals surface area contributed by atoms with Gasteiger partial charge in [0.05, 0.1) is 23.5 Å². The molecule has 2 aromatic carbocycles. The predicted octanol–water partition coefficient (Wildman–Crippen LogP) is 7.59. The Morgan fingerprint density at radius 2 is 1.81 bits per heavy atom. The van der Waals surface area contributed by atoms with E-state index in [9.17, 15) is 9.59 Å². The highest BCUT2D eigenvalue weighted by molar-refractivity contribution is 6.06. The quantitative estimate of drug-likeness (QED) is 0.389. The number of hydrogen-bond donors (Lipinski definition) is 1. The summed E-state index contributed by atoms with van der Waals surface area (Å²) in [7, 11) is 0. The van der Waals surface area contributed by atoms with Crippen LogP contribution in [-0.2, 0) is 9.59 Å². The molecule has 0 saturated carbocycles. The number of para-hydroxylation sites is 3. The van der Waals surface area contributed by atoms with Gasteiger partial charge in [0, 0.05) is 29.7 Å². The van der Waals surface area contributed by atoms with Crippen molar-refractivity contribution in [2.75, 3.05) is 10.2 Å².